The minimum atomic E-state index is -4.66. The van der Waals surface area contributed by atoms with E-state index in [-0.39, 0.29) is 17.7 Å². The second kappa shape index (κ2) is 11.1. The largest absolute Gasteiger partial charge is 0.433 e. The average molecular weight is 565 g/mol. The number of alkyl halides is 5. The molecule has 0 radical (unpaired) electrons. The van der Waals surface area contributed by atoms with Crippen LogP contribution in [0.15, 0.2) is 52.6 Å². The third-order valence-corrected chi connectivity index (χ3v) is 7.71. The van der Waals surface area contributed by atoms with Crippen LogP contribution in [-0.2, 0) is 21.0 Å². The number of pyridine rings is 1. The highest BCUT2D eigenvalue weighted by Crippen LogP contribution is 2.35. The molecule has 1 amide bonds. The molecule has 2 aromatic rings. The normalized spacial score (nSPS) is 21.2. The van der Waals surface area contributed by atoms with Gasteiger partial charge >= 0.3 is 6.18 Å². The predicted molar refractivity (Wildman–Crippen MR) is 121 cm³/mol. The van der Waals surface area contributed by atoms with Gasteiger partial charge in [0.25, 0.3) is 0 Å². The van der Waals surface area contributed by atoms with Gasteiger partial charge in [0, 0.05) is 36.9 Å². The lowest BCUT2D eigenvalue weighted by Crippen LogP contribution is -2.47. The van der Waals surface area contributed by atoms with Crippen LogP contribution in [0.5, 0.6) is 0 Å². The van der Waals surface area contributed by atoms with E-state index in [0.29, 0.717) is 10.4 Å². The molecular weight excluding hydrogens is 542 g/mol. The van der Waals surface area contributed by atoms with Gasteiger partial charge in [-0.1, -0.05) is 0 Å². The Bertz CT molecular complexity index is 1290. The molecule has 3 N–H and O–H groups in total. The highest BCUT2D eigenvalue weighted by Gasteiger charge is 2.52. The van der Waals surface area contributed by atoms with E-state index in [1.165, 1.54) is 0 Å². The van der Waals surface area contributed by atoms with Crippen molar-refractivity contribution in [1.82, 2.24) is 14.6 Å². The molecule has 9 nitrogen and oxygen atoms in total. The van der Waals surface area contributed by atoms with Gasteiger partial charge < -0.3 is 10.7 Å². The summed E-state index contributed by atoms with van der Waals surface area (Å²) < 4.78 is 106. The second-order valence-electron chi connectivity index (χ2n) is 8.65. The third kappa shape index (κ3) is 6.53. The van der Waals surface area contributed by atoms with E-state index < -0.39 is 82.5 Å². The number of nitrogens with zero attached hydrogens (tertiary/aromatic N) is 3. The van der Waals surface area contributed by atoms with Crippen molar-refractivity contribution in [1.29, 1.82) is 10.9 Å². The van der Waals surface area contributed by atoms with Crippen molar-refractivity contribution in [2.45, 2.75) is 41.7 Å². The lowest BCUT2D eigenvalue weighted by Gasteiger charge is -2.23. The van der Waals surface area contributed by atoms with Gasteiger partial charge in [-0.25, -0.2) is 27.1 Å². The molecule has 3 rings (SSSR count). The Morgan fingerprint density at radius 1 is 1.24 bits per heavy atom. The second-order valence-corrected chi connectivity index (χ2v) is 10.5. The Morgan fingerprint density at radius 2 is 1.89 bits per heavy atom. The fourth-order valence-electron chi connectivity index (χ4n) is 3.81. The van der Waals surface area contributed by atoms with Gasteiger partial charge in [0.2, 0.25) is 15.9 Å². The summed E-state index contributed by atoms with van der Waals surface area (Å²) in [5.41, 5.74) is 3.30. The van der Waals surface area contributed by atoms with Crippen LogP contribution in [0.2, 0.25) is 0 Å². The quantitative estimate of drug-likeness (QED) is 0.230. The number of benzene rings is 1. The maximum absolute atomic E-state index is 14.9. The Kier molecular flexibility index (Phi) is 8.55. The number of aromatic nitrogens is 1. The third-order valence-electron chi connectivity index (χ3n) is 5.84. The van der Waals surface area contributed by atoms with Gasteiger partial charge in [0.1, 0.15) is 24.2 Å². The van der Waals surface area contributed by atoms with Crippen molar-refractivity contribution in [3.05, 3.63) is 59.7 Å². The molecule has 1 fully saturated rings. The molecule has 3 atom stereocenters. The van der Waals surface area contributed by atoms with Gasteiger partial charge in [0.15, 0.2) is 5.67 Å². The van der Waals surface area contributed by atoms with Gasteiger partial charge in [0.05, 0.1) is 17.5 Å². The molecule has 1 aromatic heterocycles. The van der Waals surface area contributed by atoms with E-state index in [1.54, 1.807) is 0 Å². The van der Waals surface area contributed by atoms with Crippen LogP contribution < -0.4 is 5.32 Å². The molecule has 16 heteroatoms. The van der Waals surface area contributed by atoms with E-state index in [2.05, 4.69) is 15.4 Å². The van der Waals surface area contributed by atoms with Crippen molar-refractivity contribution in [3.8, 4) is 0 Å². The first-order valence-electron chi connectivity index (χ1n) is 11.0. The summed E-state index contributed by atoms with van der Waals surface area (Å²) in [6.07, 6.45) is -4.93. The first kappa shape index (κ1) is 29.2. The number of amides is 1. The van der Waals surface area contributed by atoms with E-state index >= 15 is 0 Å². The fraction of sp³-hybridized carbons (Fsp3) is 0.409. The lowest BCUT2D eigenvalue weighted by molar-refractivity contribution is -0.141. The fourth-order valence-corrected chi connectivity index (χ4v) is 5.47. The van der Waals surface area contributed by atoms with E-state index in [4.69, 9.17) is 10.9 Å². The highest BCUT2D eigenvalue weighted by molar-refractivity contribution is 7.89. The summed E-state index contributed by atoms with van der Waals surface area (Å²) in [4.78, 5) is 15.7. The molecule has 0 spiro atoms. The molecule has 1 saturated heterocycles. The predicted octanol–water partition coefficient (Wildman–Crippen LogP) is 3.65. The summed E-state index contributed by atoms with van der Waals surface area (Å²) in [6, 6.07) is 2.52. The Hall–Kier alpha value is -3.40. The highest BCUT2D eigenvalue weighted by atomic mass is 32.2. The van der Waals surface area contributed by atoms with Gasteiger partial charge in [-0.15, -0.1) is 0 Å². The molecule has 2 heterocycles. The minimum Gasteiger partial charge on any atom is -0.352 e. The zero-order valence-corrected chi connectivity index (χ0v) is 20.3. The lowest BCUT2D eigenvalue weighted by atomic mass is 10.0. The summed E-state index contributed by atoms with van der Waals surface area (Å²) in [5.74, 6) is -1.74. The maximum atomic E-state index is 14.9. The molecule has 206 valence electrons. The minimum absolute atomic E-state index is 0.0236. The molecule has 1 aliphatic rings. The SMILES string of the molecule is N=NC(CNC(=O)C1CC(F)(CF)CN1S(=O)(=O)c1ccc(F)cc1)CC(=N)c1ccc(C(F)(F)F)nc1. The molecule has 1 aromatic carbocycles. The molecule has 0 bridgehead atoms. The summed E-state index contributed by atoms with van der Waals surface area (Å²) in [5, 5.41) is 13.6. The topological polar surface area (TPSA) is 139 Å². The number of carbonyl (C=O) groups excluding carboxylic acids is 1. The molecule has 0 aliphatic carbocycles. The van der Waals surface area contributed by atoms with Crippen molar-refractivity contribution in [3.63, 3.8) is 0 Å². The first-order chi connectivity index (χ1) is 17.7. The van der Waals surface area contributed by atoms with Crippen LogP contribution in [-0.4, -0.2) is 66.8 Å². The Balaban J connectivity index is 1.70. The summed E-state index contributed by atoms with van der Waals surface area (Å²) in [6.45, 7) is -2.93. The smallest absolute Gasteiger partial charge is 0.352 e. The van der Waals surface area contributed by atoms with Crippen molar-refractivity contribution < 1.29 is 39.6 Å². The van der Waals surface area contributed by atoms with Crippen LogP contribution in [0.1, 0.15) is 24.1 Å². The standard InChI is InChI=1S/C22H22F6N6O3S/c23-11-21(25)8-18(34(12-21)38(36,37)16-4-2-14(24)3-5-16)20(35)32-10-15(33-30)7-17(29)13-1-6-19(31-9-13)22(26,27)28/h1-6,9,15,18,29-30H,7-8,10-12H2,(H,32,35). The van der Waals surface area contributed by atoms with Gasteiger partial charge in [-0.05, 0) is 36.4 Å². The van der Waals surface area contributed by atoms with Crippen LogP contribution >= 0.6 is 0 Å². The first-order valence-corrected chi connectivity index (χ1v) is 12.4. The number of rotatable bonds is 10. The number of sulfonamides is 1. The van der Waals surface area contributed by atoms with E-state index in [0.717, 1.165) is 36.5 Å². The number of halogens is 6. The van der Waals surface area contributed by atoms with E-state index in [1.807, 2.05) is 0 Å². The summed E-state index contributed by atoms with van der Waals surface area (Å²) in [7, 11) is -4.53. The van der Waals surface area contributed by atoms with Gasteiger partial charge in [-0.3, -0.25) is 9.78 Å². The monoisotopic (exact) mass is 564 g/mol. The summed E-state index contributed by atoms with van der Waals surface area (Å²) >= 11 is 0. The number of hydrogen-bond acceptors (Lipinski definition) is 7. The van der Waals surface area contributed by atoms with Crippen LogP contribution in [0, 0.1) is 16.8 Å². The Labute approximate surface area is 213 Å². The zero-order chi connectivity index (χ0) is 28.3. The molecule has 3 unspecified atom stereocenters. The number of hydrogen-bond donors (Lipinski definition) is 3. The van der Waals surface area contributed by atoms with Crippen molar-refractivity contribution in [2.75, 3.05) is 19.8 Å². The van der Waals surface area contributed by atoms with E-state index in [9.17, 15) is 39.6 Å². The number of nitrogens with one attached hydrogen (secondary N) is 3. The van der Waals surface area contributed by atoms with Crippen LogP contribution in [0.3, 0.4) is 0 Å². The molecule has 38 heavy (non-hydrogen) atoms. The maximum Gasteiger partial charge on any atom is 0.433 e. The Morgan fingerprint density at radius 3 is 2.42 bits per heavy atom. The molecule has 1 aliphatic heterocycles. The number of carbonyl (C=O) groups is 1. The molecule has 0 saturated carbocycles. The van der Waals surface area contributed by atoms with Crippen LogP contribution in [0.4, 0.5) is 26.3 Å². The van der Waals surface area contributed by atoms with Crippen LogP contribution in [0.25, 0.3) is 0 Å². The average Bonchev–Trinajstić information content (AvgIpc) is 3.25. The van der Waals surface area contributed by atoms with Crippen molar-refractivity contribution >= 4 is 21.6 Å². The molecular formula is C22H22F6N6O3S. The van der Waals surface area contributed by atoms with Crippen molar-refractivity contribution in [2.24, 2.45) is 5.11 Å². The van der Waals surface area contributed by atoms with Gasteiger partial charge in [-0.2, -0.15) is 22.6 Å². The zero-order valence-electron chi connectivity index (χ0n) is 19.5.